The number of hydrogen-bond donors (Lipinski definition) is 1. The van der Waals surface area contributed by atoms with Crippen molar-refractivity contribution in [2.24, 2.45) is 0 Å². The van der Waals surface area contributed by atoms with Gasteiger partial charge in [0.05, 0.1) is 5.56 Å². The monoisotopic (exact) mass is 214 g/mol. The Morgan fingerprint density at radius 1 is 1.00 bits per heavy atom. The maximum Gasteiger partial charge on any atom is 0.336 e. The fourth-order valence-corrected chi connectivity index (χ4v) is 1.81. The van der Waals surface area contributed by atoms with E-state index in [4.69, 9.17) is 5.11 Å². The largest absolute Gasteiger partial charge is 0.478 e. The highest BCUT2D eigenvalue weighted by atomic mass is 16.4. The molecule has 0 radical (unpaired) electrons. The highest BCUT2D eigenvalue weighted by molar-refractivity contribution is 6.14. The molecule has 0 aliphatic carbocycles. The van der Waals surface area contributed by atoms with E-state index in [1.54, 1.807) is 30.3 Å². The molecule has 0 aliphatic heterocycles. The molecule has 0 bridgehead atoms. The van der Waals surface area contributed by atoms with Crippen molar-refractivity contribution >= 4 is 22.5 Å². The smallest absolute Gasteiger partial charge is 0.336 e. The molecule has 0 spiro atoms. The van der Waals surface area contributed by atoms with Gasteiger partial charge >= 0.3 is 5.97 Å². The summed E-state index contributed by atoms with van der Waals surface area (Å²) in [5, 5.41) is 10.4. The average Bonchev–Trinajstić information content (AvgIpc) is 2.27. The van der Waals surface area contributed by atoms with Crippen LogP contribution in [0.2, 0.25) is 0 Å². The van der Waals surface area contributed by atoms with E-state index < -0.39 is 5.97 Å². The van der Waals surface area contributed by atoms with Crippen molar-refractivity contribution in [3.05, 3.63) is 47.5 Å². The highest BCUT2D eigenvalue weighted by Crippen LogP contribution is 2.23. The number of carboxylic acids is 1. The Labute approximate surface area is 92.3 Å². The lowest BCUT2D eigenvalue weighted by atomic mass is 9.97. The zero-order chi connectivity index (χ0) is 11.7. The molecule has 2 aromatic carbocycles. The number of Topliss-reactive ketones (excluding diaryl/α,β-unsaturated/α-hetero) is 1. The minimum absolute atomic E-state index is 0.126. The molecule has 3 heteroatoms. The minimum atomic E-state index is -1.01. The quantitative estimate of drug-likeness (QED) is 0.782. The van der Waals surface area contributed by atoms with Gasteiger partial charge in [-0.3, -0.25) is 4.79 Å². The van der Waals surface area contributed by atoms with E-state index in [0.717, 1.165) is 5.39 Å². The zero-order valence-corrected chi connectivity index (χ0v) is 8.73. The summed E-state index contributed by atoms with van der Waals surface area (Å²) in [7, 11) is 0. The summed E-state index contributed by atoms with van der Waals surface area (Å²) in [5.74, 6) is -1.14. The van der Waals surface area contributed by atoms with Gasteiger partial charge in [-0.2, -0.15) is 0 Å². The maximum absolute atomic E-state index is 11.4. The van der Waals surface area contributed by atoms with Gasteiger partial charge in [0.2, 0.25) is 0 Å². The molecule has 0 heterocycles. The van der Waals surface area contributed by atoms with Crippen LogP contribution in [-0.4, -0.2) is 16.9 Å². The van der Waals surface area contributed by atoms with Crippen molar-refractivity contribution in [3.63, 3.8) is 0 Å². The van der Waals surface area contributed by atoms with Crippen LogP contribution in [-0.2, 0) is 0 Å². The highest BCUT2D eigenvalue weighted by Gasteiger charge is 2.13. The molecule has 0 unspecified atom stereocenters. The first kappa shape index (κ1) is 10.4. The summed E-state index contributed by atoms with van der Waals surface area (Å²) >= 11 is 0. The van der Waals surface area contributed by atoms with Crippen LogP contribution in [0, 0.1) is 0 Å². The lowest BCUT2D eigenvalue weighted by Gasteiger charge is -2.06. The summed E-state index contributed by atoms with van der Waals surface area (Å²) in [6.07, 6.45) is 0. The summed E-state index contributed by atoms with van der Waals surface area (Å²) in [5.41, 5.74) is 0.624. The number of hydrogen-bond acceptors (Lipinski definition) is 2. The van der Waals surface area contributed by atoms with E-state index >= 15 is 0 Å². The lowest BCUT2D eigenvalue weighted by Crippen LogP contribution is -2.02. The van der Waals surface area contributed by atoms with E-state index in [-0.39, 0.29) is 11.3 Å². The number of carbonyl (C=O) groups is 2. The topological polar surface area (TPSA) is 54.4 Å². The third-order valence-corrected chi connectivity index (χ3v) is 2.51. The molecule has 0 aliphatic rings. The Morgan fingerprint density at radius 3 is 2.06 bits per heavy atom. The first-order valence-corrected chi connectivity index (χ1v) is 4.87. The van der Waals surface area contributed by atoms with E-state index in [1.165, 1.54) is 13.0 Å². The number of benzene rings is 2. The van der Waals surface area contributed by atoms with E-state index in [0.29, 0.717) is 10.9 Å². The van der Waals surface area contributed by atoms with Crippen molar-refractivity contribution < 1.29 is 14.7 Å². The molecule has 2 aromatic rings. The summed E-state index contributed by atoms with van der Waals surface area (Å²) in [6.45, 7) is 1.44. The molecule has 0 amide bonds. The van der Waals surface area contributed by atoms with Gasteiger partial charge < -0.3 is 5.11 Å². The fraction of sp³-hybridized carbons (Fsp3) is 0.0769. The van der Waals surface area contributed by atoms with Crippen molar-refractivity contribution in [3.8, 4) is 0 Å². The number of rotatable bonds is 2. The Kier molecular flexibility index (Phi) is 2.44. The molecule has 3 nitrogen and oxygen atoms in total. The number of ketones is 1. The molecule has 0 saturated carbocycles. The molecule has 80 valence electrons. The second kappa shape index (κ2) is 3.77. The Morgan fingerprint density at radius 2 is 1.56 bits per heavy atom. The third kappa shape index (κ3) is 1.56. The average molecular weight is 214 g/mol. The normalized spacial score (nSPS) is 10.3. The van der Waals surface area contributed by atoms with Crippen molar-refractivity contribution in [1.82, 2.24) is 0 Å². The standard InChI is InChI=1S/C13H10O3/c1-8(14)10-6-2-4-9-5-3-7-11(12(9)10)13(15)16/h2-7H,1H3,(H,15,16). The molecule has 0 aromatic heterocycles. The van der Waals surface area contributed by atoms with Crippen LogP contribution >= 0.6 is 0 Å². The molecule has 0 atom stereocenters. The number of aromatic carboxylic acids is 1. The molecular weight excluding hydrogens is 204 g/mol. The predicted octanol–water partition coefficient (Wildman–Crippen LogP) is 2.74. The zero-order valence-electron chi connectivity index (χ0n) is 8.73. The second-order valence-electron chi connectivity index (χ2n) is 3.57. The minimum Gasteiger partial charge on any atom is -0.478 e. The summed E-state index contributed by atoms with van der Waals surface area (Å²) in [4.78, 5) is 22.5. The Bertz CT molecular complexity index is 536. The SMILES string of the molecule is CC(=O)c1cccc2cccc(C(=O)O)c12. The fourth-order valence-electron chi connectivity index (χ4n) is 1.81. The van der Waals surface area contributed by atoms with Crippen LogP contribution in [0.15, 0.2) is 36.4 Å². The van der Waals surface area contributed by atoms with Gasteiger partial charge in [-0.05, 0) is 18.4 Å². The van der Waals surface area contributed by atoms with Crippen LogP contribution in [0.3, 0.4) is 0 Å². The van der Waals surface area contributed by atoms with Gasteiger partial charge in [-0.1, -0.05) is 30.3 Å². The van der Waals surface area contributed by atoms with Crippen molar-refractivity contribution in [1.29, 1.82) is 0 Å². The molecular formula is C13H10O3. The second-order valence-corrected chi connectivity index (χ2v) is 3.57. The van der Waals surface area contributed by atoms with Gasteiger partial charge in [-0.25, -0.2) is 4.79 Å². The molecule has 0 saturated heterocycles. The van der Waals surface area contributed by atoms with Crippen LogP contribution in [0.25, 0.3) is 10.8 Å². The molecule has 0 fully saturated rings. The first-order chi connectivity index (χ1) is 7.61. The number of carbonyl (C=O) groups excluding carboxylic acids is 1. The van der Waals surface area contributed by atoms with E-state index in [2.05, 4.69) is 0 Å². The van der Waals surface area contributed by atoms with Gasteiger partial charge in [0.15, 0.2) is 5.78 Å². The molecule has 2 rings (SSSR count). The molecule has 1 N–H and O–H groups in total. The van der Waals surface area contributed by atoms with Gasteiger partial charge in [0.1, 0.15) is 0 Å². The van der Waals surface area contributed by atoms with E-state index in [9.17, 15) is 9.59 Å². The van der Waals surface area contributed by atoms with Crippen molar-refractivity contribution in [2.45, 2.75) is 6.92 Å². The van der Waals surface area contributed by atoms with E-state index in [1.807, 2.05) is 0 Å². The van der Waals surface area contributed by atoms with Crippen LogP contribution < -0.4 is 0 Å². The summed E-state index contributed by atoms with van der Waals surface area (Å²) < 4.78 is 0. The predicted molar refractivity (Wildman–Crippen MR) is 60.9 cm³/mol. The Balaban J connectivity index is 2.92. The third-order valence-electron chi connectivity index (χ3n) is 2.51. The molecule has 16 heavy (non-hydrogen) atoms. The van der Waals surface area contributed by atoms with Crippen LogP contribution in [0.4, 0.5) is 0 Å². The Hall–Kier alpha value is -2.16. The first-order valence-electron chi connectivity index (χ1n) is 4.87. The summed E-state index contributed by atoms with van der Waals surface area (Å²) in [6, 6.07) is 10.2. The number of fused-ring (bicyclic) bond motifs is 1. The lowest BCUT2D eigenvalue weighted by molar-refractivity contribution is 0.0699. The van der Waals surface area contributed by atoms with Gasteiger partial charge in [0.25, 0.3) is 0 Å². The maximum atomic E-state index is 11.4. The van der Waals surface area contributed by atoms with Crippen molar-refractivity contribution in [2.75, 3.05) is 0 Å². The van der Waals surface area contributed by atoms with Gasteiger partial charge in [-0.15, -0.1) is 0 Å². The van der Waals surface area contributed by atoms with Crippen LogP contribution in [0.1, 0.15) is 27.6 Å². The van der Waals surface area contributed by atoms with Crippen LogP contribution in [0.5, 0.6) is 0 Å². The van der Waals surface area contributed by atoms with Gasteiger partial charge in [0, 0.05) is 10.9 Å². The number of carboxylic acid groups (broad SMARTS) is 1.